The Morgan fingerprint density at radius 1 is 1.14 bits per heavy atom. The van der Waals surface area contributed by atoms with Gasteiger partial charge in [-0.2, -0.15) is 0 Å². The fourth-order valence-corrected chi connectivity index (χ4v) is 3.58. The van der Waals surface area contributed by atoms with E-state index in [0.717, 1.165) is 6.07 Å². The van der Waals surface area contributed by atoms with Gasteiger partial charge in [-0.25, -0.2) is 8.78 Å². The molecule has 1 amide bonds. The molecule has 29 heavy (non-hydrogen) atoms. The van der Waals surface area contributed by atoms with Crippen LogP contribution in [0.2, 0.25) is 10.0 Å². The molecule has 1 N–H and O–H groups in total. The van der Waals surface area contributed by atoms with Gasteiger partial charge in [-0.1, -0.05) is 35.3 Å². The Morgan fingerprint density at radius 2 is 1.86 bits per heavy atom. The van der Waals surface area contributed by atoms with Gasteiger partial charge >= 0.3 is 0 Å². The van der Waals surface area contributed by atoms with Crippen molar-refractivity contribution in [2.75, 3.05) is 32.8 Å². The number of carbonyl (C=O) groups excluding carboxylic acids is 1. The van der Waals surface area contributed by atoms with Crippen molar-refractivity contribution < 1.29 is 18.3 Å². The third-order valence-corrected chi connectivity index (χ3v) is 5.53. The van der Waals surface area contributed by atoms with Crippen LogP contribution in [0.4, 0.5) is 8.78 Å². The maximum atomic E-state index is 15.0. The molecule has 156 valence electrons. The summed E-state index contributed by atoms with van der Waals surface area (Å²) in [5, 5.41) is 3.50. The minimum Gasteiger partial charge on any atom is -0.491 e. The molecule has 1 fully saturated rings. The van der Waals surface area contributed by atoms with E-state index in [2.05, 4.69) is 5.32 Å². The Morgan fingerprint density at radius 3 is 2.55 bits per heavy atom. The first kappa shape index (κ1) is 21.8. The van der Waals surface area contributed by atoms with Crippen LogP contribution in [-0.2, 0) is 0 Å². The summed E-state index contributed by atoms with van der Waals surface area (Å²) in [7, 11) is 0. The summed E-state index contributed by atoms with van der Waals surface area (Å²) in [4.78, 5) is 14.1. The van der Waals surface area contributed by atoms with Crippen molar-refractivity contribution in [1.29, 1.82) is 0 Å². The molecule has 0 spiro atoms. The van der Waals surface area contributed by atoms with E-state index in [-0.39, 0.29) is 30.3 Å². The number of benzene rings is 2. The monoisotopic (exact) mass is 442 g/mol. The Bertz CT molecular complexity index is 858. The number of amides is 1. The number of para-hydroxylation sites is 1. The third kappa shape index (κ3) is 5.81. The molecule has 0 unspecified atom stereocenters. The van der Waals surface area contributed by atoms with Gasteiger partial charge in [-0.15, -0.1) is 0 Å². The standard InChI is InChI=1S/C21H22Cl2F2N2O2/c22-16-3-1-2-4-19(16)29-12-9-26-14-21(25)7-10-27(11-8-21)20(28)15-5-6-18(24)17(23)13-15/h1-6,13,26H,7-12,14H2. The lowest BCUT2D eigenvalue weighted by Crippen LogP contribution is -2.49. The predicted octanol–water partition coefficient (Wildman–Crippen LogP) is 4.75. The zero-order chi connectivity index (χ0) is 20.9. The fraction of sp³-hybridized carbons (Fsp3) is 0.381. The second-order valence-corrected chi connectivity index (χ2v) is 7.84. The third-order valence-electron chi connectivity index (χ3n) is 4.93. The van der Waals surface area contributed by atoms with Crippen LogP contribution in [0.1, 0.15) is 23.2 Å². The average molecular weight is 443 g/mol. The summed E-state index contributed by atoms with van der Waals surface area (Å²) in [5.74, 6) is -0.247. The molecule has 4 nitrogen and oxygen atoms in total. The zero-order valence-electron chi connectivity index (χ0n) is 15.8. The molecule has 0 aliphatic carbocycles. The predicted molar refractivity (Wildman–Crippen MR) is 110 cm³/mol. The summed E-state index contributed by atoms with van der Waals surface area (Å²) in [5.41, 5.74) is -1.08. The van der Waals surface area contributed by atoms with Crippen molar-refractivity contribution >= 4 is 29.1 Å². The summed E-state index contributed by atoms with van der Waals surface area (Å²) in [6.45, 7) is 1.62. The highest BCUT2D eigenvalue weighted by molar-refractivity contribution is 6.32. The van der Waals surface area contributed by atoms with Crippen molar-refractivity contribution in [3.63, 3.8) is 0 Å². The van der Waals surface area contributed by atoms with Gasteiger partial charge in [0.2, 0.25) is 0 Å². The van der Waals surface area contributed by atoms with Crippen molar-refractivity contribution in [1.82, 2.24) is 10.2 Å². The second kappa shape index (κ2) is 9.74. The van der Waals surface area contributed by atoms with Crippen molar-refractivity contribution in [2.24, 2.45) is 0 Å². The molecule has 2 aromatic carbocycles. The Hall–Kier alpha value is -1.89. The normalized spacial score (nSPS) is 15.9. The largest absolute Gasteiger partial charge is 0.491 e. The first-order valence-corrected chi connectivity index (χ1v) is 10.1. The molecule has 0 aromatic heterocycles. The number of rotatable bonds is 7. The highest BCUT2D eigenvalue weighted by Gasteiger charge is 2.35. The van der Waals surface area contributed by atoms with Gasteiger partial charge in [-0.3, -0.25) is 4.79 Å². The zero-order valence-corrected chi connectivity index (χ0v) is 17.3. The number of alkyl halides is 1. The van der Waals surface area contributed by atoms with Gasteiger partial charge in [0, 0.05) is 44.6 Å². The number of likely N-dealkylation sites (tertiary alicyclic amines) is 1. The Balaban J connectivity index is 1.41. The van der Waals surface area contributed by atoms with Gasteiger partial charge in [0.05, 0.1) is 10.0 Å². The molecule has 1 saturated heterocycles. The maximum Gasteiger partial charge on any atom is 0.253 e. The molecular formula is C21H22Cl2F2N2O2. The number of hydrogen-bond acceptors (Lipinski definition) is 3. The van der Waals surface area contributed by atoms with Crippen molar-refractivity contribution in [2.45, 2.75) is 18.5 Å². The van der Waals surface area contributed by atoms with Gasteiger partial charge in [0.1, 0.15) is 23.8 Å². The molecule has 1 heterocycles. The lowest BCUT2D eigenvalue weighted by molar-refractivity contribution is 0.0433. The molecular weight excluding hydrogens is 421 g/mol. The van der Waals surface area contributed by atoms with E-state index in [1.165, 1.54) is 12.1 Å². The lowest BCUT2D eigenvalue weighted by atomic mass is 9.93. The number of hydrogen-bond donors (Lipinski definition) is 1. The van der Waals surface area contributed by atoms with Gasteiger partial charge < -0.3 is 15.0 Å². The summed E-state index contributed by atoms with van der Waals surface area (Å²) >= 11 is 11.8. The number of nitrogens with one attached hydrogen (secondary N) is 1. The quantitative estimate of drug-likeness (QED) is 0.629. The van der Waals surface area contributed by atoms with E-state index in [9.17, 15) is 9.18 Å². The Kier molecular flexibility index (Phi) is 7.33. The van der Waals surface area contributed by atoms with Gasteiger partial charge in [0.15, 0.2) is 0 Å². The lowest BCUT2D eigenvalue weighted by Gasteiger charge is -2.36. The molecule has 0 radical (unpaired) electrons. The van der Waals surface area contributed by atoms with Crippen molar-refractivity contribution in [3.8, 4) is 5.75 Å². The molecule has 3 rings (SSSR count). The highest BCUT2D eigenvalue weighted by atomic mass is 35.5. The van der Waals surface area contributed by atoms with E-state index < -0.39 is 11.5 Å². The van der Waals surface area contributed by atoms with E-state index in [0.29, 0.717) is 42.6 Å². The van der Waals surface area contributed by atoms with Crippen LogP contribution >= 0.6 is 23.2 Å². The molecule has 1 aliphatic rings. The molecule has 1 aliphatic heterocycles. The minimum absolute atomic E-state index is 0.101. The van der Waals surface area contributed by atoms with Crippen LogP contribution in [0.15, 0.2) is 42.5 Å². The first-order valence-electron chi connectivity index (χ1n) is 9.39. The number of halogens is 4. The Labute approximate surface area is 178 Å². The number of piperidine rings is 1. The minimum atomic E-state index is -1.39. The number of ether oxygens (including phenoxy) is 1. The van der Waals surface area contributed by atoms with Crippen LogP contribution in [0.25, 0.3) is 0 Å². The summed E-state index contributed by atoms with van der Waals surface area (Å²) < 4.78 is 33.8. The molecule has 0 atom stereocenters. The molecule has 0 saturated carbocycles. The van der Waals surface area contributed by atoms with Gasteiger partial charge in [-0.05, 0) is 30.3 Å². The number of carbonyl (C=O) groups is 1. The van der Waals surface area contributed by atoms with Crippen LogP contribution < -0.4 is 10.1 Å². The van der Waals surface area contributed by atoms with Crippen LogP contribution in [-0.4, -0.2) is 49.3 Å². The number of nitrogens with zero attached hydrogens (tertiary/aromatic N) is 1. The van der Waals surface area contributed by atoms with E-state index in [1.807, 2.05) is 12.1 Å². The molecule has 0 bridgehead atoms. The summed E-state index contributed by atoms with van der Waals surface area (Å²) in [6.07, 6.45) is 0.456. The molecule has 2 aromatic rings. The van der Waals surface area contributed by atoms with Crippen LogP contribution in [0, 0.1) is 5.82 Å². The summed E-state index contributed by atoms with van der Waals surface area (Å²) in [6, 6.07) is 11.0. The maximum absolute atomic E-state index is 15.0. The van der Waals surface area contributed by atoms with Crippen LogP contribution in [0.5, 0.6) is 5.75 Å². The first-order chi connectivity index (χ1) is 13.9. The SMILES string of the molecule is O=C(c1ccc(F)c(Cl)c1)N1CCC(F)(CNCCOc2ccccc2Cl)CC1. The smallest absolute Gasteiger partial charge is 0.253 e. The second-order valence-electron chi connectivity index (χ2n) is 7.03. The van der Waals surface area contributed by atoms with E-state index in [1.54, 1.807) is 17.0 Å². The van der Waals surface area contributed by atoms with Crippen molar-refractivity contribution in [3.05, 3.63) is 63.9 Å². The molecule has 8 heteroatoms. The topological polar surface area (TPSA) is 41.6 Å². The average Bonchev–Trinajstić information content (AvgIpc) is 2.71. The van der Waals surface area contributed by atoms with E-state index >= 15 is 4.39 Å². The fourth-order valence-electron chi connectivity index (χ4n) is 3.21. The van der Waals surface area contributed by atoms with E-state index in [4.69, 9.17) is 27.9 Å². The van der Waals surface area contributed by atoms with Crippen LogP contribution in [0.3, 0.4) is 0 Å². The van der Waals surface area contributed by atoms with Gasteiger partial charge in [0.25, 0.3) is 5.91 Å². The highest BCUT2D eigenvalue weighted by Crippen LogP contribution is 2.27.